The third kappa shape index (κ3) is 3.48. The van der Waals surface area contributed by atoms with E-state index in [0.29, 0.717) is 13.2 Å². The van der Waals surface area contributed by atoms with Crippen molar-refractivity contribution < 1.29 is 13.9 Å². The van der Waals surface area contributed by atoms with Crippen molar-refractivity contribution in [1.82, 2.24) is 0 Å². The first kappa shape index (κ1) is 11.5. The van der Waals surface area contributed by atoms with Crippen molar-refractivity contribution in [3.63, 3.8) is 0 Å². The summed E-state index contributed by atoms with van der Waals surface area (Å²) in [5.74, 6) is 0.681. The van der Waals surface area contributed by atoms with E-state index in [2.05, 4.69) is 0 Å². The summed E-state index contributed by atoms with van der Waals surface area (Å²) in [4.78, 5) is 0. The van der Waals surface area contributed by atoms with E-state index in [0.717, 1.165) is 5.75 Å². The number of hydrogen-bond acceptors (Lipinski definition) is 2. The van der Waals surface area contributed by atoms with Gasteiger partial charge in [-0.2, -0.15) is 0 Å². The molecule has 0 spiro atoms. The Morgan fingerprint density at radius 3 is 2.18 bits per heavy atom. The van der Waals surface area contributed by atoms with Gasteiger partial charge in [-0.1, -0.05) is 30.3 Å². The van der Waals surface area contributed by atoms with Gasteiger partial charge in [0.25, 0.3) is 0 Å². The number of ether oxygens (including phenoxy) is 2. The molecule has 0 heterocycles. The molecule has 2 rings (SSSR count). The van der Waals surface area contributed by atoms with E-state index >= 15 is 0 Å². The lowest BCUT2D eigenvalue weighted by molar-refractivity contribution is 0.211. The number of halogens is 1. The van der Waals surface area contributed by atoms with Crippen molar-refractivity contribution in [2.24, 2.45) is 0 Å². The van der Waals surface area contributed by atoms with Gasteiger partial charge in [-0.25, -0.2) is 4.39 Å². The van der Waals surface area contributed by atoms with Crippen LogP contribution in [-0.4, -0.2) is 13.2 Å². The van der Waals surface area contributed by atoms with Crippen molar-refractivity contribution in [1.29, 1.82) is 0 Å². The van der Waals surface area contributed by atoms with E-state index in [9.17, 15) is 4.39 Å². The van der Waals surface area contributed by atoms with E-state index < -0.39 is 0 Å². The molecule has 0 aromatic heterocycles. The van der Waals surface area contributed by atoms with Crippen LogP contribution >= 0.6 is 0 Å². The van der Waals surface area contributed by atoms with E-state index in [1.165, 1.54) is 6.07 Å². The predicted molar refractivity (Wildman–Crippen MR) is 63.8 cm³/mol. The minimum absolute atomic E-state index is 0.254. The number of benzene rings is 2. The van der Waals surface area contributed by atoms with Gasteiger partial charge in [0.05, 0.1) is 0 Å². The normalized spacial score (nSPS) is 9.94. The van der Waals surface area contributed by atoms with Gasteiger partial charge in [0.2, 0.25) is 0 Å². The van der Waals surface area contributed by atoms with E-state index in [-0.39, 0.29) is 11.6 Å². The smallest absolute Gasteiger partial charge is 0.165 e. The fourth-order valence-corrected chi connectivity index (χ4v) is 1.39. The highest BCUT2D eigenvalue weighted by Crippen LogP contribution is 2.15. The minimum Gasteiger partial charge on any atom is -0.490 e. The van der Waals surface area contributed by atoms with Crippen LogP contribution in [0, 0.1) is 5.82 Å². The van der Waals surface area contributed by atoms with Crippen LogP contribution < -0.4 is 9.47 Å². The van der Waals surface area contributed by atoms with Gasteiger partial charge < -0.3 is 9.47 Å². The Kier molecular flexibility index (Phi) is 3.97. The molecule has 3 heteroatoms. The Morgan fingerprint density at radius 2 is 1.41 bits per heavy atom. The van der Waals surface area contributed by atoms with Crippen molar-refractivity contribution >= 4 is 0 Å². The second kappa shape index (κ2) is 5.89. The second-order valence-electron chi connectivity index (χ2n) is 3.44. The summed E-state index contributed by atoms with van der Waals surface area (Å²) in [5.41, 5.74) is 0. The molecule has 2 aromatic rings. The molecular formula is C14H13FO2. The van der Waals surface area contributed by atoms with Crippen LogP contribution in [0.3, 0.4) is 0 Å². The summed E-state index contributed by atoms with van der Waals surface area (Å²) in [7, 11) is 0. The molecule has 0 bridgehead atoms. The molecule has 0 fully saturated rings. The molecule has 0 N–H and O–H groups in total. The summed E-state index contributed by atoms with van der Waals surface area (Å²) in [6.07, 6.45) is 0. The minimum atomic E-state index is -0.354. The summed E-state index contributed by atoms with van der Waals surface area (Å²) in [5, 5.41) is 0. The Bertz CT molecular complexity index is 457. The van der Waals surface area contributed by atoms with E-state index in [1.54, 1.807) is 18.2 Å². The van der Waals surface area contributed by atoms with Gasteiger partial charge in [-0.15, -0.1) is 0 Å². The zero-order valence-electron chi connectivity index (χ0n) is 9.30. The molecule has 0 atom stereocenters. The summed E-state index contributed by atoms with van der Waals surface area (Å²) >= 11 is 0. The van der Waals surface area contributed by atoms with E-state index in [4.69, 9.17) is 9.47 Å². The second-order valence-corrected chi connectivity index (χ2v) is 3.44. The molecule has 0 saturated heterocycles. The number of hydrogen-bond donors (Lipinski definition) is 0. The topological polar surface area (TPSA) is 18.5 Å². The average molecular weight is 232 g/mol. The van der Waals surface area contributed by atoms with Crippen molar-refractivity contribution in [2.45, 2.75) is 0 Å². The molecule has 0 saturated carbocycles. The molecule has 0 unspecified atom stereocenters. The molecule has 0 aliphatic carbocycles. The first-order chi connectivity index (χ1) is 8.36. The summed E-state index contributed by atoms with van der Waals surface area (Å²) < 4.78 is 23.9. The molecule has 0 amide bonds. The predicted octanol–water partition coefficient (Wildman–Crippen LogP) is 3.28. The third-order valence-corrected chi connectivity index (χ3v) is 2.19. The van der Waals surface area contributed by atoms with E-state index in [1.807, 2.05) is 30.3 Å². The molecule has 2 aromatic carbocycles. The Balaban J connectivity index is 1.76. The lowest BCUT2D eigenvalue weighted by Gasteiger charge is -2.08. The fraction of sp³-hybridized carbons (Fsp3) is 0.143. The van der Waals surface area contributed by atoms with Crippen LogP contribution in [0.4, 0.5) is 4.39 Å². The van der Waals surface area contributed by atoms with Crippen LogP contribution in [0.25, 0.3) is 0 Å². The van der Waals surface area contributed by atoms with Crippen molar-refractivity contribution in [3.8, 4) is 11.5 Å². The quantitative estimate of drug-likeness (QED) is 0.736. The van der Waals surface area contributed by atoms with Gasteiger partial charge in [0.1, 0.15) is 19.0 Å². The van der Waals surface area contributed by atoms with Crippen LogP contribution in [0.5, 0.6) is 11.5 Å². The Morgan fingerprint density at radius 1 is 0.765 bits per heavy atom. The van der Waals surface area contributed by atoms with Gasteiger partial charge in [-0.3, -0.25) is 0 Å². The Hall–Kier alpha value is -2.03. The molecule has 0 radical (unpaired) electrons. The van der Waals surface area contributed by atoms with Crippen LogP contribution in [0.1, 0.15) is 0 Å². The standard InChI is InChI=1S/C14H13FO2/c15-13-8-4-5-9-14(13)17-11-10-16-12-6-2-1-3-7-12/h1-9H,10-11H2. The fourth-order valence-electron chi connectivity index (χ4n) is 1.39. The molecule has 17 heavy (non-hydrogen) atoms. The van der Waals surface area contributed by atoms with Gasteiger partial charge in [0.15, 0.2) is 11.6 Å². The van der Waals surface area contributed by atoms with Gasteiger partial charge in [-0.05, 0) is 24.3 Å². The first-order valence-corrected chi connectivity index (χ1v) is 5.41. The van der Waals surface area contributed by atoms with Crippen LogP contribution in [-0.2, 0) is 0 Å². The zero-order valence-corrected chi connectivity index (χ0v) is 9.30. The molecule has 88 valence electrons. The maximum Gasteiger partial charge on any atom is 0.165 e. The molecule has 0 aliphatic heterocycles. The Labute approximate surface area is 99.6 Å². The molecule has 2 nitrogen and oxygen atoms in total. The molecule has 0 aliphatic rings. The third-order valence-electron chi connectivity index (χ3n) is 2.19. The summed E-state index contributed by atoms with van der Waals surface area (Å²) in [6.45, 7) is 0.703. The monoisotopic (exact) mass is 232 g/mol. The number of para-hydroxylation sites is 2. The summed E-state index contributed by atoms with van der Waals surface area (Å²) in [6, 6.07) is 15.8. The highest BCUT2D eigenvalue weighted by molar-refractivity contribution is 5.23. The van der Waals surface area contributed by atoms with Crippen molar-refractivity contribution in [3.05, 3.63) is 60.4 Å². The van der Waals surface area contributed by atoms with Gasteiger partial charge >= 0.3 is 0 Å². The van der Waals surface area contributed by atoms with Crippen LogP contribution in [0.15, 0.2) is 54.6 Å². The zero-order chi connectivity index (χ0) is 11.9. The van der Waals surface area contributed by atoms with Gasteiger partial charge in [0, 0.05) is 0 Å². The first-order valence-electron chi connectivity index (χ1n) is 5.41. The SMILES string of the molecule is Fc1ccccc1OCCOc1ccccc1. The van der Waals surface area contributed by atoms with Crippen LogP contribution in [0.2, 0.25) is 0 Å². The lowest BCUT2D eigenvalue weighted by atomic mass is 10.3. The largest absolute Gasteiger partial charge is 0.490 e. The molecular weight excluding hydrogens is 219 g/mol. The number of rotatable bonds is 5. The highest BCUT2D eigenvalue weighted by atomic mass is 19.1. The van der Waals surface area contributed by atoms with Crippen molar-refractivity contribution in [2.75, 3.05) is 13.2 Å². The average Bonchev–Trinajstić information content (AvgIpc) is 2.38. The lowest BCUT2D eigenvalue weighted by Crippen LogP contribution is -2.09. The maximum atomic E-state index is 13.2. The maximum absolute atomic E-state index is 13.2. The highest BCUT2D eigenvalue weighted by Gasteiger charge is 2.00.